The van der Waals surface area contributed by atoms with Gasteiger partial charge < -0.3 is 15.2 Å². The summed E-state index contributed by atoms with van der Waals surface area (Å²) < 4.78 is 7.02. The van der Waals surface area contributed by atoms with E-state index in [-0.39, 0.29) is 11.8 Å². The van der Waals surface area contributed by atoms with Crippen molar-refractivity contribution in [3.05, 3.63) is 29.6 Å². The van der Waals surface area contributed by atoms with E-state index in [9.17, 15) is 5.11 Å². The molecule has 7 heteroatoms. The van der Waals surface area contributed by atoms with Crippen LogP contribution in [0.5, 0.6) is 11.5 Å². The molecule has 112 valence electrons. The summed E-state index contributed by atoms with van der Waals surface area (Å²) in [7, 11) is 1.54. The molecular weight excluding hydrogens is 270 g/mol. The van der Waals surface area contributed by atoms with E-state index in [1.54, 1.807) is 13.2 Å². The van der Waals surface area contributed by atoms with Crippen LogP contribution in [-0.4, -0.2) is 32.4 Å². The lowest BCUT2D eigenvalue weighted by atomic mass is 10.2. The molecule has 2 aromatic rings. The summed E-state index contributed by atoms with van der Waals surface area (Å²) in [5.74, 6) is 1.49. The predicted octanol–water partition coefficient (Wildman–Crippen LogP) is 1.57. The van der Waals surface area contributed by atoms with Gasteiger partial charge in [0.1, 0.15) is 0 Å². The molecule has 0 amide bonds. The van der Waals surface area contributed by atoms with E-state index in [0.29, 0.717) is 18.3 Å². The summed E-state index contributed by atoms with van der Waals surface area (Å²) in [5.41, 5.74) is 1.03. The standard InChI is InChI=1S/C14H19N5O2/c1-9(14-16-17-18-19(14)11-4-5-11)15-8-10-3-6-12(20)13(7-10)21-2/h3,6-7,9,11,15,20H,4-5,8H2,1-2H3/t9-/m1/s1. The average Bonchev–Trinajstić information content (AvgIpc) is 3.23. The molecule has 1 aliphatic carbocycles. The van der Waals surface area contributed by atoms with E-state index < -0.39 is 0 Å². The molecular formula is C14H19N5O2. The van der Waals surface area contributed by atoms with Crippen LogP contribution >= 0.6 is 0 Å². The molecule has 21 heavy (non-hydrogen) atoms. The fourth-order valence-corrected chi connectivity index (χ4v) is 2.26. The van der Waals surface area contributed by atoms with Gasteiger partial charge in [-0.1, -0.05) is 6.07 Å². The summed E-state index contributed by atoms with van der Waals surface area (Å²) in [6.45, 7) is 2.69. The van der Waals surface area contributed by atoms with Crippen molar-refractivity contribution >= 4 is 0 Å². The highest BCUT2D eigenvalue weighted by atomic mass is 16.5. The molecule has 0 spiro atoms. The van der Waals surface area contributed by atoms with E-state index in [4.69, 9.17) is 4.74 Å². The molecule has 0 radical (unpaired) electrons. The van der Waals surface area contributed by atoms with Crippen molar-refractivity contribution in [2.75, 3.05) is 7.11 Å². The number of nitrogens with zero attached hydrogens (tertiary/aromatic N) is 4. The molecule has 0 bridgehead atoms. The molecule has 0 aliphatic heterocycles. The summed E-state index contributed by atoms with van der Waals surface area (Å²) in [5, 5.41) is 24.9. The monoisotopic (exact) mass is 289 g/mol. The number of aromatic hydroxyl groups is 1. The Labute approximate surface area is 122 Å². The van der Waals surface area contributed by atoms with Crippen LogP contribution in [0.2, 0.25) is 0 Å². The molecule has 2 N–H and O–H groups in total. The Morgan fingerprint density at radius 1 is 1.48 bits per heavy atom. The zero-order chi connectivity index (χ0) is 14.8. The molecule has 1 fully saturated rings. The topological polar surface area (TPSA) is 85.1 Å². The first-order chi connectivity index (χ1) is 10.2. The van der Waals surface area contributed by atoms with Crippen LogP contribution in [0.25, 0.3) is 0 Å². The second kappa shape index (κ2) is 5.69. The molecule has 1 aliphatic rings. The fourth-order valence-electron chi connectivity index (χ4n) is 2.26. The van der Waals surface area contributed by atoms with Crippen LogP contribution in [-0.2, 0) is 6.54 Å². The van der Waals surface area contributed by atoms with Gasteiger partial charge in [0.25, 0.3) is 0 Å². The molecule has 1 atom stereocenters. The van der Waals surface area contributed by atoms with E-state index >= 15 is 0 Å². The summed E-state index contributed by atoms with van der Waals surface area (Å²) in [6, 6.07) is 5.84. The van der Waals surface area contributed by atoms with Crippen molar-refractivity contribution < 1.29 is 9.84 Å². The zero-order valence-electron chi connectivity index (χ0n) is 12.2. The summed E-state index contributed by atoms with van der Waals surface area (Å²) in [4.78, 5) is 0. The second-order valence-electron chi connectivity index (χ2n) is 5.32. The number of hydrogen-bond donors (Lipinski definition) is 2. The van der Waals surface area contributed by atoms with Crippen LogP contribution in [0.3, 0.4) is 0 Å². The normalized spacial score (nSPS) is 15.9. The predicted molar refractivity (Wildman–Crippen MR) is 76.0 cm³/mol. The Balaban J connectivity index is 1.65. The molecule has 7 nitrogen and oxygen atoms in total. The van der Waals surface area contributed by atoms with Crippen molar-refractivity contribution in [2.24, 2.45) is 0 Å². The van der Waals surface area contributed by atoms with Gasteiger partial charge in [0.15, 0.2) is 17.3 Å². The van der Waals surface area contributed by atoms with E-state index in [1.807, 2.05) is 23.7 Å². The van der Waals surface area contributed by atoms with Gasteiger partial charge in [-0.15, -0.1) is 5.10 Å². The maximum absolute atomic E-state index is 9.59. The molecule has 0 saturated heterocycles. The van der Waals surface area contributed by atoms with Gasteiger partial charge >= 0.3 is 0 Å². The first-order valence-corrected chi connectivity index (χ1v) is 7.06. The summed E-state index contributed by atoms with van der Waals surface area (Å²) in [6.07, 6.45) is 2.31. The van der Waals surface area contributed by atoms with Crippen molar-refractivity contribution in [1.82, 2.24) is 25.5 Å². The molecule has 1 saturated carbocycles. The maximum Gasteiger partial charge on any atom is 0.168 e. The second-order valence-corrected chi connectivity index (χ2v) is 5.32. The Hall–Kier alpha value is -2.15. The third-order valence-corrected chi connectivity index (χ3v) is 3.65. The third kappa shape index (κ3) is 2.97. The SMILES string of the molecule is COc1cc(CN[C@H](C)c2nnnn2C2CC2)ccc1O. The van der Waals surface area contributed by atoms with Gasteiger partial charge in [-0.25, -0.2) is 4.68 Å². The van der Waals surface area contributed by atoms with Crippen LogP contribution in [0, 0.1) is 0 Å². The van der Waals surface area contributed by atoms with Crippen molar-refractivity contribution in [3.8, 4) is 11.5 Å². The highest BCUT2D eigenvalue weighted by molar-refractivity contribution is 5.41. The number of aromatic nitrogens is 4. The lowest BCUT2D eigenvalue weighted by Gasteiger charge is -2.14. The number of phenolic OH excluding ortho intramolecular Hbond substituents is 1. The van der Waals surface area contributed by atoms with E-state index in [2.05, 4.69) is 20.8 Å². The zero-order valence-corrected chi connectivity index (χ0v) is 12.2. The van der Waals surface area contributed by atoms with Crippen LogP contribution in [0.15, 0.2) is 18.2 Å². The number of hydrogen-bond acceptors (Lipinski definition) is 6. The summed E-state index contributed by atoms with van der Waals surface area (Å²) >= 11 is 0. The number of nitrogens with one attached hydrogen (secondary N) is 1. The number of tetrazole rings is 1. The van der Waals surface area contributed by atoms with Gasteiger partial charge in [0, 0.05) is 6.54 Å². The van der Waals surface area contributed by atoms with Crippen molar-refractivity contribution in [3.63, 3.8) is 0 Å². The number of ether oxygens (including phenoxy) is 1. The number of phenols is 1. The van der Waals surface area contributed by atoms with E-state index in [0.717, 1.165) is 24.2 Å². The minimum Gasteiger partial charge on any atom is -0.504 e. The van der Waals surface area contributed by atoms with Gasteiger partial charge in [-0.05, 0) is 47.9 Å². The Bertz CT molecular complexity index is 624. The molecule has 3 rings (SSSR count). The van der Waals surface area contributed by atoms with Gasteiger partial charge in [-0.3, -0.25) is 0 Å². The average molecular weight is 289 g/mol. The Morgan fingerprint density at radius 2 is 2.29 bits per heavy atom. The smallest absolute Gasteiger partial charge is 0.168 e. The lowest BCUT2D eigenvalue weighted by molar-refractivity contribution is 0.372. The van der Waals surface area contributed by atoms with Crippen LogP contribution < -0.4 is 10.1 Å². The fraction of sp³-hybridized carbons (Fsp3) is 0.500. The molecule has 1 aromatic heterocycles. The molecule has 1 aromatic carbocycles. The minimum atomic E-state index is 0.0559. The van der Waals surface area contributed by atoms with Crippen LogP contribution in [0.1, 0.15) is 43.2 Å². The Morgan fingerprint density at radius 3 is 3.00 bits per heavy atom. The van der Waals surface area contributed by atoms with Crippen molar-refractivity contribution in [1.29, 1.82) is 0 Å². The quantitative estimate of drug-likeness (QED) is 0.839. The third-order valence-electron chi connectivity index (χ3n) is 3.65. The Kier molecular flexibility index (Phi) is 3.74. The minimum absolute atomic E-state index is 0.0559. The first kappa shape index (κ1) is 13.8. The number of benzene rings is 1. The number of methoxy groups -OCH3 is 1. The van der Waals surface area contributed by atoms with Crippen molar-refractivity contribution in [2.45, 2.75) is 38.4 Å². The van der Waals surface area contributed by atoms with Gasteiger partial charge in [0.05, 0.1) is 19.2 Å². The van der Waals surface area contributed by atoms with Gasteiger partial charge in [0.2, 0.25) is 0 Å². The van der Waals surface area contributed by atoms with Gasteiger partial charge in [-0.2, -0.15) is 0 Å². The van der Waals surface area contributed by atoms with E-state index in [1.165, 1.54) is 0 Å². The maximum atomic E-state index is 9.59. The first-order valence-electron chi connectivity index (χ1n) is 7.06. The van der Waals surface area contributed by atoms with Crippen LogP contribution in [0.4, 0.5) is 0 Å². The highest BCUT2D eigenvalue weighted by Crippen LogP contribution is 2.35. The molecule has 0 unspecified atom stereocenters. The molecule has 1 heterocycles. The largest absolute Gasteiger partial charge is 0.504 e. The highest BCUT2D eigenvalue weighted by Gasteiger charge is 2.29. The lowest BCUT2D eigenvalue weighted by Crippen LogP contribution is -2.22. The number of rotatable bonds is 6.